The van der Waals surface area contributed by atoms with Gasteiger partial charge in [0.25, 0.3) is 5.91 Å². The van der Waals surface area contributed by atoms with Crippen LogP contribution in [0.1, 0.15) is 20.7 Å². The number of carboxylic acid groups (broad SMARTS) is 1. The third-order valence-corrected chi connectivity index (χ3v) is 3.02. The normalized spacial score (nSPS) is 10.2. The van der Waals surface area contributed by atoms with Gasteiger partial charge in [-0.25, -0.2) is 4.79 Å². The number of nitrogens with one attached hydrogen (secondary N) is 1. The molecular weight excluding hydrogens is 337 g/mol. The lowest BCUT2D eigenvalue weighted by Gasteiger charge is -2.06. The van der Waals surface area contributed by atoms with Gasteiger partial charge in [-0.1, -0.05) is 15.9 Å². The van der Waals surface area contributed by atoms with Crippen LogP contribution in [0.3, 0.4) is 0 Å². The molecule has 2 aromatic rings. The molecule has 0 saturated heterocycles. The SMILES string of the molecule is O=C(O)c1cc(Br)cc(NC(=O)c2ccoc2Cl)c1. The van der Waals surface area contributed by atoms with Crippen molar-refractivity contribution in [2.75, 3.05) is 5.32 Å². The highest BCUT2D eigenvalue weighted by Crippen LogP contribution is 2.22. The van der Waals surface area contributed by atoms with Crippen molar-refractivity contribution in [1.29, 1.82) is 0 Å². The molecule has 1 heterocycles. The van der Waals surface area contributed by atoms with Crippen LogP contribution in [0.2, 0.25) is 5.22 Å². The van der Waals surface area contributed by atoms with E-state index in [1.54, 1.807) is 6.07 Å². The van der Waals surface area contributed by atoms with Crippen molar-refractivity contribution < 1.29 is 19.1 Å². The van der Waals surface area contributed by atoms with E-state index in [-0.39, 0.29) is 16.3 Å². The van der Waals surface area contributed by atoms with Crippen LogP contribution in [0.25, 0.3) is 0 Å². The largest absolute Gasteiger partial charge is 0.478 e. The molecule has 0 atom stereocenters. The molecule has 0 aliphatic rings. The molecular formula is C12H7BrClNO4. The monoisotopic (exact) mass is 343 g/mol. The molecule has 5 nitrogen and oxygen atoms in total. The molecule has 1 aromatic carbocycles. The molecule has 0 aliphatic heterocycles. The summed E-state index contributed by atoms with van der Waals surface area (Å²) in [6.45, 7) is 0. The van der Waals surface area contributed by atoms with Crippen LogP contribution in [0.4, 0.5) is 5.69 Å². The molecule has 1 aromatic heterocycles. The Kier molecular flexibility index (Phi) is 3.92. The Balaban J connectivity index is 2.26. The maximum atomic E-state index is 11.9. The van der Waals surface area contributed by atoms with Gasteiger partial charge in [0.05, 0.1) is 17.4 Å². The summed E-state index contributed by atoms with van der Waals surface area (Å²) in [6, 6.07) is 5.79. The minimum absolute atomic E-state index is 0.0223. The van der Waals surface area contributed by atoms with Crippen molar-refractivity contribution in [3.05, 3.63) is 51.3 Å². The quantitative estimate of drug-likeness (QED) is 0.891. The van der Waals surface area contributed by atoms with Crippen LogP contribution in [0.15, 0.2) is 39.4 Å². The number of anilines is 1. The molecule has 98 valence electrons. The molecule has 1 amide bonds. The number of hydrogen-bond acceptors (Lipinski definition) is 3. The third kappa shape index (κ3) is 3.15. The number of amides is 1. The highest BCUT2D eigenvalue weighted by molar-refractivity contribution is 9.10. The van der Waals surface area contributed by atoms with E-state index in [4.69, 9.17) is 21.1 Å². The fourth-order valence-electron chi connectivity index (χ4n) is 1.44. The van der Waals surface area contributed by atoms with Gasteiger partial charge in [0.2, 0.25) is 5.22 Å². The Labute approximate surface area is 121 Å². The predicted molar refractivity (Wildman–Crippen MR) is 72.8 cm³/mol. The number of hydrogen-bond donors (Lipinski definition) is 2. The highest BCUT2D eigenvalue weighted by Gasteiger charge is 2.14. The van der Waals surface area contributed by atoms with E-state index < -0.39 is 11.9 Å². The summed E-state index contributed by atoms with van der Waals surface area (Å²) in [6.07, 6.45) is 1.29. The molecule has 0 aliphatic carbocycles. The summed E-state index contributed by atoms with van der Waals surface area (Å²) in [5, 5.41) is 11.4. The molecule has 2 N–H and O–H groups in total. The topological polar surface area (TPSA) is 79.5 Å². The minimum Gasteiger partial charge on any atom is -0.478 e. The van der Waals surface area contributed by atoms with Crippen molar-refractivity contribution >= 4 is 45.1 Å². The van der Waals surface area contributed by atoms with Gasteiger partial charge in [0.1, 0.15) is 0 Å². The molecule has 7 heteroatoms. The fourth-order valence-corrected chi connectivity index (χ4v) is 2.13. The number of carbonyl (C=O) groups is 2. The van der Waals surface area contributed by atoms with Crippen molar-refractivity contribution in [2.45, 2.75) is 0 Å². The first-order valence-corrected chi connectivity index (χ1v) is 6.22. The summed E-state index contributed by atoms with van der Waals surface area (Å²) >= 11 is 8.86. The van der Waals surface area contributed by atoms with Crippen molar-refractivity contribution in [1.82, 2.24) is 0 Å². The molecule has 19 heavy (non-hydrogen) atoms. The Morgan fingerprint density at radius 3 is 2.63 bits per heavy atom. The lowest BCUT2D eigenvalue weighted by Crippen LogP contribution is -2.12. The molecule has 0 bridgehead atoms. The standard InChI is InChI=1S/C12H7BrClNO4/c13-7-3-6(12(17)18)4-8(5-7)15-11(16)9-1-2-19-10(9)14/h1-5H,(H,15,16)(H,17,18). The van der Waals surface area contributed by atoms with Gasteiger partial charge in [-0.15, -0.1) is 0 Å². The zero-order valence-electron chi connectivity index (χ0n) is 9.31. The van der Waals surface area contributed by atoms with Crippen LogP contribution < -0.4 is 5.32 Å². The van der Waals surface area contributed by atoms with Crippen molar-refractivity contribution in [3.8, 4) is 0 Å². The summed E-state index contributed by atoms with van der Waals surface area (Å²) in [7, 11) is 0. The van der Waals surface area contributed by atoms with Gasteiger partial charge >= 0.3 is 5.97 Å². The van der Waals surface area contributed by atoms with Crippen LogP contribution >= 0.6 is 27.5 Å². The summed E-state index contributed by atoms with van der Waals surface area (Å²) < 4.78 is 5.35. The average Bonchev–Trinajstić information content (AvgIpc) is 2.74. The number of halogens is 2. The van der Waals surface area contributed by atoms with E-state index in [1.165, 1.54) is 24.5 Å². The van der Waals surface area contributed by atoms with Crippen molar-refractivity contribution in [2.24, 2.45) is 0 Å². The summed E-state index contributed by atoms with van der Waals surface area (Å²) in [4.78, 5) is 22.8. The van der Waals surface area contributed by atoms with E-state index in [2.05, 4.69) is 21.2 Å². The first kappa shape index (κ1) is 13.6. The smallest absolute Gasteiger partial charge is 0.335 e. The van der Waals surface area contributed by atoms with Crippen LogP contribution in [-0.4, -0.2) is 17.0 Å². The lowest BCUT2D eigenvalue weighted by molar-refractivity contribution is 0.0696. The van der Waals surface area contributed by atoms with Crippen LogP contribution in [0, 0.1) is 0 Å². The van der Waals surface area contributed by atoms with Crippen LogP contribution in [0.5, 0.6) is 0 Å². The number of rotatable bonds is 3. The third-order valence-electron chi connectivity index (χ3n) is 2.27. The van der Waals surface area contributed by atoms with E-state index in [0.29, 0.717) is 10.2 Å². The summed E-state index contributed by atoms with van der Waals surface area (Å²) in [5.74, 6) is -1.56. The van der Waals surface area contributed by atoms with E-state index in [9.17, 15) is 9.59 Å². The van der Waals surface area contributed by atoms with Gasteiger partial charge in [0.15, 0.2) is 0 Å². The molecule has 2 rings (SSSR count). The molecule has 0 unspecified atom stereocenters. The van der Waals surface area contributed by atoms with E-state index >= 15 is 0 Å². The van der Waals surface area contributed by atoms with Gasteiger partial charge in [0, 0.05) is 10.2 Å². The average molecular weight is 345 g/mol. The Bertz CT molecular complexity index is 653. The zero-order chi connectivity index (χ0) is 14.0. The molecule has 0 radical (unpaired) electrons. The number of carboxylic acids is 1. The molecule has 0 spiro atoms. The first-order chi connectivity index (χ1) is 8.97. The second-order valence-electron chi connectivity index (χ2n) is 3.60. The highest BCUT2D eigenvalue weighted by atomic mass is 79.9. The van der Waals surface area contributed by atoms with E-state index in [1.807, 2.05) is 0 Å². The second-order valence-corrected chi connectivity index (χ2v) is 4.85. The zero-order valence-corrected chi connectivity index (χ0v) is 11.7. The number of furan rings is 1. The lowest BCUT2D eigenvalue weighted by atomic mass is 10.2. The Hall–Kier alpha value is -1.79. The first-order valence-electron chi connectivity index (χ1n) is 5.05. The predicted octanol–water partition coefficient (Wildman–Crippen LogP) is 3.65. The van der Waals surface area contributed by atoms with Crippen molar-refractivity contribution in [3.63, 3.8) is 0 Å². The summed E-state index contributed by atoms with van der Waals surface area (Å²) in [5.41, 5.74) is 0.579. The number of benzene rings is 1. The maximum absolute atomic E-state index is 11.9. The molecule has 0 fully saturated rings. The second kappa shape index (κ2) is 5.46. The Morgan fingerprint density at radius 1 is 1.32 bits per heavy atom. The molecule has 0 saturated carbocycles. The maximum Gasteiger partial charge on any atom is 0.335 e. The fraction of sp³-hybridized carbons (Fsp3) is 0. The van der Waals surface area contributed by atoms with Gasteiger partial charge in [-0.3, -0.25) is 4.79 Å². The minimum atomic E-state index is -1.09. The Morgan fingerprint density at radius 2 is 2.05 bits per heavy atom. The van der Waals surface area contributed by atoms with E-state index in [0.717, 1.165) is 0 Å². The number of aromatic carboxylic acids is 1. The van der Waals surface area contributed by atoms with Gasteiger partial charge in [-0.2, -0.15) is 0 Å². The number of carbonyl (C=O) groups excluding carboxylic acids is 1. The van der Waals surface area contributed by atoms with Gasteiger partial charge in [-0.05, 0) is 35.9 Å². The van der Waals surface area contributed by atoms with Gasteiger partial charge < -0.3 is 14.8 Å². The van der Waals surface area contributed by atoms with Crippen LogP contribution in [-0.2, 0) is 0 Å².